The summed E-state index contributed by atoms with van der Waals surface area (Å²) >= 11 is 0. The van der Waals surface area contributed by atoms with Crippen molar-refractivity contribution in [2.24, 2.45) is 0 Å². The first-order valence-corrected chi connectivity index (χ1v) is 6.59. The summed E-state index contributed by atoms with van der Waals surface area (Å²) in [5, 5.41) is 3.30. The van der Waals surface area contributed by atoms with Crippen LogP contribution in [0, 0.1) is 6.92 Å². The number of rotatable bonds is 7. The molecule has 1 atom stereocenters. The molecule has 0 aromatic heterocycles. The molecule has 106 valence electrons. The molecule has 1 rings (SSSR count). The number of benzene rings is 1. The van der Waals surface area contributed by atoms with Gasteiger partial charge in [-0.25, -0.2) is 4.79 Å². The number of carbonyl (C=O) groups is 1. The van der Waals surface area contributed by atoms with Gasteiger partial charge in [-0.3, -0.25) is 0 Å². The number of anilines is 1. The normalized spacial score (nSPS) is 13.7. The second kappa shape index (κ2) is 7.14. The minimum atomic E-state index is -0.836. The Bertz CT molecular complexity index is 420. The maximum atomic E-state index is 12.2. The molecule has 1 unspecified atom stereocenters. The lowest BCUT2D eigenvalue weighted by molar-refractivity contribution is -0.150. The molecule has 0 aliphatic carbocycles. The van der Waals surface area contributed by atoms with Crippen molar-refractivity contribution >= 4 is 11.7 Å². The van der Waals surface area contributed by atoms with E-state index in [1.807, 2.05) is 38.1 Å². The Balaban J connectivity index is 3.03. The molecule has 0 aliphatic heterocycles. The van der Waals surface area contributed by atoms with E-state index in [0.717, 1.165) is 11.3 Å². The molecule has 1 aromatic carbocycles. The zero-order chi connectivity index (χ0) is 14.3. The van der Waals surface area contributed by atoms with E-state index >= 15 is 0 Å². The highest BCUT2D eigenvalue weighted by Crippen LogP contribution is 2.23. The minimum Gasteiger partial charge on any atom is -0.464 e. The molecule has 0 heterocycles. The molecule has 1 aromatic rings. The van der Waals surface area contributed by atoms with Crippen LogP contribution in [0.2, 0.25) is 0 Å². The van der Waals surface area contributed by atoms with Crippen LogP contribution in [-0.2, 0) is 14.3 Å². The van der Waals surface area contributed by atoms with Crippen molar-refractivity contribution in [2.45, 2.75) is 32.7 Å². The highest BCUT2D eigenvalue weighted by atomic mass is 16.5. The molecule has 0 amide bonds. The van der Waals surface area contributed by atoms with Crippen molar-refractivity contribution in [2.75, 3.05) is 25.6 Å². The van der Waals surface area contributed by atoms with Gasteiger partial charge in [0.15, 0.2) is 5.54 Å². The molecule has 1 N–H and O–H groups in total. The number of esters is 1. The van der Waals surface area contributed by atoms with Crippen LogP contribution in [0.25, 0.3) is 0 Å². The first-order chi connectivity index (χ1) is 9.09. The van der Waals surface area contributed by atoms with Crippen LogP contribution in [0.5, 0.6) is 0 Å². The number of carbonyl (C=O) groups excluding carboxylic acids is 1. The maximum Gasteiger partial charge on any atom is 0.334 e. The molecular formula is C15H23NO3. The number of hydrogen-bond acceptors (Lipinski definition) is 4. The van der Waals surface area contributed by atoms with Crippen LogP contribution in [0.3, 0.4) is 0 Å². The van der Waals surface area contributed by atoms with Gasteiger partial charge < -0.3 is 14.8 Å². The first-order valence-electron chi connectivity index (χ1n) is 6.59. The number of aryl methyl sites for hydroxylation is 1. The minimum absolute atomic E-state index is 0.274. The number of ether oxygens (including phenoxy) is 2. The van der Waals surface area contributed by atoms with Crippen LogP contribution < -0.4 is 5.32 Å². The Kier molecular flexibility index (Phi) is 5.83. The molecule has 0 saturated heterocycles. The average molecular weight is 265 g/mol. The van der Waals surface area contributed by atoms with Crippen molar-refractivity contribution in [1.82, 2.24) is 0 Å². The smallest absolute Gasteiger partial charge is 0.334 e. The van der Waals surface area contributed by atoms with Gasteiger partial charge in [-0.15, -0.1) is 0 Å². The molecule has 0 saturated carbocycles. The number of hydrogen-bond donors (Lipinski definition) is 1. The molecule has 4 heteroatoms. The topological polar surface area (TPSA) is 47.6 Å². The summed E-state index contributed by atoms with van der Waals surface area (Å²) < 4.78 is 10.4. The average Bonchev–Trinajstić information content (AvgIpc) is 2.41. The van der Waals surface area contributed by atoms with Gasteiger partial charge in [0.25, 0.3) is 0 Å². The summed E-state index contributed by atoms with van der Waals surface area (Å²) in [5.74, 6) is -0.275. The molecule has 0 bridgehead atoms. The van der Waals surface area contributed by atoms with E-state index in [1.165, 1.54) is 0 Å². The van der Waals surface area contributed by atoms with E-state index in [4.69, 9.17) is 9.47 Å². The molecule has 4 nitrogen and oxygen atoms in total. The quantitative estimate of drug-likeness (QED) is 0.770. The molecule has 0 spiro atoms. The fourth-order valence-corrected chi connectivity index (χ4v) is 1.97. The Morgan fingerprint density at radius 3 is 2.53 bits per heavy atom. The highest BCUT2D eigenvalue weighted by molar-refractivity contribution is 5.85. The fourth-order valence-electron chi connectivity index (χ4n) is 1.97. The lowest BCUT2D eigenvalue weighted by atomic mass is 9.96. The Labute approximate surface area is 115 Å². The first kappa shape index (κ1) is 15.5. The van der Waals surface area contributed by atoms with Crippen LogP contribution in [-0.4, -0.2) is 31.8 Å². The zero-order valence-electron chi connectivity index (χ0n) is 12.2. The lowest BCUT2D eigenvalue weighted by Crippen LogP contribution is -2.51. The van der Waals surface area contributed by atoms with Crippen LogP contribution in [0.1, 0.15) is 25.8 Å². The lowest BCUT2D eigenvalue weighted by Gasteiger charge is -2.32. The SMILES string of the molecule is CCOC(=O)C(CC)(COC)Nc1ccccc1C. The second-order valence-electron chi connectivity index (χ2n) is 4.53. The van der Waals surface area contributed by atoms with E-state index in [2.05, 4.69) is 5.32 Å². The van der Waals surface area contributed by atoms with Gasteiger partial charge >= 0.3 is 5.97 Å². The number of para-hydroxylation sites is 1. The maximum absolute atomic E-state index is 12.2. The third kappa shape index (κ3) is 3.70. The standard InChI is InChI=1S/C15H23NO3/c1-5-15(11-18-4,14(17)19-6-2)16-13-10-8-7-9-12(13)3/h7-10,16H,5-6,11H2,1-4H3. The molecule has 0 radical (unpaired) electrons. The summed E-state index contributed by atoms with van der Waals surface area (Å²) in [6, 6.07) is 7.86. The largest absolute Gasteiger partial charge is 0.464 e. The fraction of sp³-hybridized carbons (Fsp3) is 0.533. The van der Waals surface area contributed by atoms with Gasteiger partial charge in [-0.1, -0.05) is 25.1 Å². The van der Waals surface area contributed by atoms with Gasteiger partial charge in [-0.2, -0.15) is 0 Å². The Morgan fingerprint density at radius 1 is 1.32 bits per heavy atom. The van der Waals surface area contributed by atoms with E-state index in [9.17, 15) is 4.79 Å². The highest BCUT2D eigenvalue weighted by Gasteiger charge is 2.38. The summed E-state index contributed by atoms with van der Waals surface area (Å²) in [6.45, 7) is 6.39. The van der Waals surface area contributed by atoms with Crippen LogP contribution in [0.4, 0.5) is 5.69 Å². The summed E-state index contributed by atoms with van der Waals surface area (Å²) in [6.07, 6.45) is 0.591. The molecular weight excluding hydrogens is 242 g/mol. The van der Waals surface area contributed by atoms with E-state index in [1.54, 1.807) is 14.0 Å². The van der Waals surface area contributed by atoms with Crippen molar-refractivity contribution < 1.29 is 14.3 Å². The second-order valence-corrected chi connectivity index (χ2v) is 4.53. The Morgan fingerprint density at radius 2 is 2.00 bits per heavy atom. The van der Waals surface area contributed by atoms with Crippen molar-refractivity contribution in [3.05, 3.63) is 29.8 Å². The third-order valence-corrected chi connectivity index (χ3v) is 3.18. The summed E-state index contributed by atoms with van der Waals surface area (Å²) in [4.78, 5) is 12.2. The predicted molar refractivity (Wildman–Crippen MR) is 76.3 cm³/mol. The van der Waals surface area contributed by atoms with E-state index < -0.39 is 5.54 Å². The third-order valence-electron chi connectivity index (χ3n) is 3.18. The van der Waals surface area contributed by atoms with Crippen molar-refractivity contribution in [1.29, 1.82) is 0 Å². The van der Waals surface area contributed by atoms with E-state index in [0.29, 0.717) is 13.0 Å². The van der Waals surface area contributed by atoms with E-state index in [-0.39, 0.29) is 12.6 Å². The summed E-state index contributed by atoms with van der Waals surface area (Å²) in [7, 11) is 1.59. The Hall–Kier alpha value is -1.55. The van der Waals surface area contributed by atoms with Gasteiger partial charge in [0, 0.05) is 12.8 Å². The van der Waals surface area contributed by atoms with Crippen LogP contribution >= 0.6 is 0 Å². The van der Waals surface area contributed by atoms with Gasteiger partial charge in [-0.05, 0) is 31.9 Å². The summed E-state index contributed by atoms with van der Waals surface area (Å²) in [5.41, 5.74) is 1.17. The van der Waals surface area contributed by atoms with Gasteiger partial charge in [0.2, 0.25) is 0 Å². The number of methoxy groups -OCH3 is 1. The monoisotopic (exact) mass is 265 g/mol. The molecule has 0 aliphatic rings. The van der Waals surface area contributed by atoms with Gasteiger partial charge in [0.1, 0.15) is 0 Å². The molecule has 0 fully saturated rings. The predicted octanol–water partition coefficient (Wildman–Crippen LogP) is 2.77. The van der Waals surface area contributed by atoms with Gasteiger partial charge in [0.05, 0.1) is 13.2 Å². The number of nitrogens with one attached hydrogen (secondary N) is 1. The van der Waals surface area contributed by atoms with Crippen LogP contribution in [0.15, 0.2) is 24.3 Å². The van der Waals surface area contributed by atoms with Crippen molar-refractivity contribution in [3.63, 3.8) is 0 Å². The molecule has 19 heavy (non-hydrogen) atoms. The zero-order valence-corrected chi connectivity index (χ0v) is 12.2. The van der Waals surface area contributed by atoms with Crippen molar-refractivity contribution in [3.8, 4) is 0 Å².